The molecule has 0 bridgehead atoms. The third-order valence-corrected chi connectivity index (χ3v) is 3.34. The molecule has 2 rings (SSSR count). The number of nitrogens with one attached hydrogen (secondary N) is 1. The molecule has 0 aliphatic rings. The minimum Gasteiger partial charge on any atom is -0.475 e. The molecule has 0 saturated heterocycles. The lowest BCUT2D eigenvalue weighted by molar-refractivity contribution is -0.137. The Kier molecular flexibility index (Phi) is 5.25. The van der Waals surface area contributed by atoms with E-state index in [-0.39, 0.29) is 18.5 Å². The Morgan fingerprint density at radius 1 is 1.26 bits per heavy atom. The number of aromatic nitrogens is 3. The Hall–Kier alpha value is -2.09. The Balaban J connectivity index is 1.91. The van der Waals surface area contributed by atoms with E-state index in [0.717, 1.165) is 12.3 Å². The zero-order valence-electron chi connectivity index (χ0n) is 12.4. The Morgan fingerprint density at radius 3 is 2.61 bits per heavy atom. The number of hydrogen-bond acceptors (Lipinski definition) is 5. The number of rotatable bonds is 5. The molecule has 0 aromatic carbocycles. The van der Waals surface area contributed by atoms with Gasteiger partial charge >= 0.3 is 6.18 Å². The number of hydrogen-bond donors (Lipinski definition) is 1. The number of pyridine rings is 1. The molecule has 0 amide bonds. The van der Waals surface area contributed by atoms with E-state index in [2.05, 4.69) is 20.3 Å². The van der Waals surface area contributed by atoms with Crippen LogP contribution in [0.25, 0.3) is 0 Å². The van der Waals surface area contributed by atoms with Crippen molar-refractivity contribution >= 4 is 17.4 Å². The highest BCUT2D eigenvalue weighted by Crippen LogP contribution is 2.29. The van der Waals surface area contributed by atoms with Crippen molar-refractivity contribution in [2.24, 2.45) is 0 Å². The summed E-state index contributed by atoms with van der Waals surface area (Å²) in [4.78, 5) is 11.6. The second-order valence-electron chi connectivity index (χ2n) is 4.86. The normalized spacial score (nSPS) is 12.8. The molecule has 0 saturated carbocycles. The molecule has 0 aliphatic carbocycles. The highest BCUT2D eigenvalue weighted by Gasteiger charge is 2.30. The molecule has 2 heterocycles. The molecule has 9 heteroatoms. The van der Waals surface area contributed by atoms with E-state index in [1.807, 2.05) is 6.92 Å². The zero-order valence-corrected chi connectivity index (χ0v) is 13.1. The molecule has 1 unspecified atom stereocenters. The average Bonchev–Trinajstić information content (AvgIpc) is 2.49. The number of alkyl halides is 3. The minimum absolute atomic E-state index is 0.108. The maximum atomic E-state index is 12.4. The molecule has 0 aliphatic heterocycles. The fourth-order valence-electron chi connectivity index (χ4n) is 1.68. The van der Waals surface area contributed by atoms with Crippen molar-refractivity contribution in [1.82, 2.24) is 15.0 Å². The maximum Gasteiger partial charge on any atom is 0.417 e. The van der Waals surface area contributed by atoms with Crippen LogP contribution in [0.3, 0.4) is 0 Å². The molecule has 0 radical (unpaired) electrons. The Labute approximate surface area is 135 Å². The van der Waals surface area contributed by atoms with Gasteiger partial charge in [0.1, 0.15) is 23.8 Å². The van der Waals surface area contributed by atoms with Crippen molar-refractivity contribution in [2.45, 2.75) is 26.1 Å². The summed E-state index contributed by atoms with van der Waals surface area (Å²) >= 11 is 6.07. The van der Waals surface area contributed by atoms with Crippen molar-refractivity contribution in [3.63, 3.8) is 0 Å². The average molecular weight is 347 g/mol. The summed E-state index contributed by atoms with van der Waals surface area (Å²) in [5, 5.41) is 3.45. The molecule has 1 atom stereocenters. The summed E-state index contributed by atoms with van der Waals surface area (Å²) in [6.07, 6.45) is -2.30. The van der Waals surface area contributed by atoms with Crippen LogP contribution < -0.4 is 10.1 Å². The second-order valence-corrected chi connectivity index (χ2v) is 5.24. The van der Waals surface area contributed by atoms with Gasteiger partial charge in [-0.25, -0.2) is 15.0 Å². The summed E-state index contributed by atoms with van der Waals surface area (Å²) in [6.45, 7) is 3.75. The highest BCUT2D eigenvalue weighted by atomic mass is 35.5. The van der Waals surface area contributed by atoms with Gasteiger partial charge < -0.3 is 10.1 Å². The first-order valence-electron chi connectivity index (χ1n) is 6.67. The van der Waals surface area contributed by atoms with Gasteiger partial charge in [-0.3, -0.25) is 0 Å². The van der Waals surface area contributed by atoms with Gasteiger partial charge in [-0.1, -0.05) is 11.6 Å². The van der Waals surface area contributed by atoms with Gasteiger partial charge in [0.2, 0.25) is 5.88 Å². The van der Waals surface area contributed by atoms with Crippen molar-refractivity contribution in [2.75, 3.05) is 11.9 Å². The van der Waals surface area contributed by atoms with Crippen LogP contribution in [-0.4, -0.2) is 27.6 Å². The first kappa shape index (κ1) is 17.3. The van der Waals surface area contributed by atoms with Crippen LogP contribution in [0, 0.1) is 6.92 Å². The number of halogens is 4. The number of ether oxygens (including phenoxy) is 1. The van der Waals surface area contributed by atoms with Crippen molar-refractivity contribution in [3.8, 4) is 5.88 Å². The minimum atomic E-state index is -4.41. The number of nitrogens with zero attached hydrogens (tertiary/aromatic N) is 3. The molecular formula is C14H14ClF3N4O. The number of anilines is 1. The molecule has 23 heavy (non-hydrogen) atoms. The van der Waals surface area contributed by atoms with Gasteiger partial charge in [-0.2, -0.15) is 13.2 Å². The predicted octanol–water partition coefficient (Wildman–Crippen LogP) is 3.73. The smallest absolute Gasteiger partial charge is 0.417 e. The predicted molar refractivity (Wildman–Crippen MR) is 79.6 cm³/mol. The molecule has 1 N–H and O–H groups in total. The van der Waals surface area contributed by atoms with Gasteiger partial charge in [-0.05, 0) is 19.9 Å². The zero-order chi connectivity index (χ0) is 17.0. The van der Waals surface area contributed by atoms with Gasteiger partial charge in [0.05, 0.1) is 17.3 Å². The monoisotopic (exact) mass is 346 g/mol. The van der Waals surface area contributed by atoms with Crippen LogP contribution in [-0.2, 0) is 6.18 Å². The first-order valence-corrected chi connectivity index (χ1v) is 7.05. The summed E-state index contributed by atoms with van der Waals surface area (Å²) in [7, 11) is 0. The van der Waals surface area contributed by atoms with Crippen molar-refractivity contribution in [1.29, 1.82) is 0 Å². The van der Waals surface area contributed by atoms with E-state index >= 15 is 0 Å². The van der Waals surface area contributed by atoms with E-state index in [0.29, 0.717) is 16.5 Å². The fraction of sp³-hybridized carbons (Fsp3) is 0.357. The summed E-state index contributed by atoms with van der Waals surface area (Å²) < 4.78 is 42.6. The topological polar surface area (TPSA) is 59.9 Å². The summed E-state index contributed by atoms with van der Waals surface area (Å²) in [5.41, 5.74) is -0.180. The quantitative estimate of drug-likeness (QED) is 0.893. The molecular weight excluding hydrogens is 333 g/mol. The maximum absolute atomic E-state index is 12.4. The first-order chi connectivity index (χ1) is 10.8. The SMILES string of the molecule is Cc1ncnc(NC(C)COc2ccc(C(F)(F)F)cn2)c1Cl. The van der Waals surface area contributed by atoms with Crippen LogP contribution in [0.4, 0.5) is 19.0 Å². The highest BCUT2D eigenvalue weighted by molar-refractivity contribution is 6.33. The molecule has 0 spiro atoms. The lowest BCUT2D eigenvalue weighted by atomic mass is 10.3. The van der Waals surface area contributed by atoms with E-state index in [4.69, 9.17) is 16.3 Å². The summed E-state index contributed by atoms with van der Waals surface area (Å²) in [5.74, 6) is 0.576. The Morgan fingerprint density at radius 2 is 2.00 bits per heavy atom. The van der Waals surface area contributed by atoms with E-state index in [9.17, 15) is 13.2 Å². The third-order valence-electron chi connectivity index (χ3n) is 2.89. The molecule has 0 fully saturated rings. The second kappa shape index (κ2) is 6.99. The fourth-order valence-corrected chi connectivity index (χ4v) is 1.83. The third kappa shape index (κ3) is 4.69. The van der Waals surface area contributed by atoms with Crippen LogP contribution >= 0.6 is 11.6 Å². The van der Waals surface area contributed by atoms with Crippen LogP contribution in [0.1, 0.15) is 18.2 Å². The Bertz CT molecular complexity index is 664. The van der Waals surface area contributed by atoms with Crippen LogP contribution in [0.2, 0.25) is 5.02 Å². The molecule has 2 aromatic rings. The number of aryl methyl sites for hydroxylation is 1. The van der Waals surface area contributed by atoms with E-state index in [1.165, 1.54) is 12.4 Å². The standard InChI is InChI=1S/C14H14ClF3N4O/c1-8(22-13-12(15)9(2)20-7-21-13)6-23-11-4-3-10(5-19-11)14(16,17)18/h3-5,7-8H,6H2,1-2H3,(H,20,21,22). The lowest BCUT2D eigenvalue weighted by Crippen LogP contribution is -2.24. The summed E-state index contributed by atoms with van der Waals surface area (Å²) in [6, 6.07) is 1.91. The molecule has 2 aromatic heterocycles. The molecule has 5 nitrogen and oxygen atoms in total. The van der Waals surface area contributed by atoms with Gasteiger partial charge in [0.15, 0.2) is 0 Å². The van der Waals surface area contributed by atoms with Gasteiger partial charge in [0, 0.05) is 12.3 Å². The lowest BCUT2D eigenvalue weighted by Gasteiger charge is -2.16. The molecule has 124 valence electrons. The van der Waals surface area contributed by atoms with Crippen molar-refractivity contribution in [3.05, 3.63) is 40.9 Å². The van der Waals surface area contributed by atoms with Crippen LogP contribution in [0.5, 0.6) is 5.88 Å². The van der Waals surface area contributed by atoms with Gasteiger partial charge in [0.25, 0.3) is 0 Å². The van der Waals surface area contributed by atoms with E-state index < -0.39 is 11.7 Å². The van der Waals surface area contributed by atoms with Gasteiger partial charge in [-0.15, -0.1) is 0 Å². The van der Waals surface area contributed by atoms with Crippen molar-refractivity contribution < 1.29 is 17.9 Å². The van der Waals surface area contributed by atoms with E-state index in [1.54, 1.807) is 6.92 Å². The largest absolute Gasteiger partial charge is 0.475 e. The van der Waals surface area contributed by atoms with Crippen LogP contribution in [0.15, 0.2) is 24.7 Å².